The molecule has 0 aliphatic heterocycles. The summed E-state index contributed by atoms with van der Waals surface area (Å²) >= 11 is 0. The van der Waals surface area contributed by atoms with E-state index in [9.17, 15) is 4.79 Å². The molecule has 0 amide bonds. The Morgan fingerprint density at radius 3 is 2.59 bits per heavy atom. The number of carbonyl (C=O) groups excluding carboxylic acids is 1. The van der Waals surface area contributed by atoms with Gasteiger partial charge in [-0.15, -0.1) is 0 Å². The summed E-state index contributed by atoms with van der Waals surface area (Å²) in [6.45, 7) is 3.76. The van der Waals surface area contributed by atoms with Crippen LogP contribution in [-0.2, 0) is 11.3 Å². The molecule has 27 heavy (non-hydrogen) atoms. The van der Waals surface area contributed by atoms with E-state index in [1.165, 1.54) is 0 Å². The molecule has 0 bridgehead atoms. The predicted molar refractivity (Wildman–Crippen MR) is 97.6 cm³/mol. The van der Waals surface area contributed by atoms with Gasteiger partial charge in [0.15, 0.2) is 6.61 Å². The van der Waals surface area contributed by atoms with Crippen molar-refractivity contribution in [1.82, 2.24) is 10.1 Å². The molecule has 7 heteroatoms. The minimum Gasteiger partial charge on any atom is -0.497 e. The van der Waals surface area contributed by atoms with Gasteiger partial charge in [0.05, 0.1) is 18.8 Å². The van der Waals surface area contributed by atoms with Crippen LogP contribution in [0.15, 0.2) is 53.1 Å². The van der Waals surface area contributed by atoms with Crippen LogP contribution in [0, 0.1) is 0 Å². The first-order valence-electron chi connectivity index (χ1n) is 8.46. The van der Waals surface area contributed by atoms with Crippen LogP contribution >= 0.6 is 0 Å². The van der Waals surface area contributed by atoms with Gasteiger partial charge in [-0.25, -0.2) is 4.79 Å². The topological polar surface area (TPSA) is 83.7 Å². The standard InChI is InChI=1S/C20H20N2O5/c1-13(2)26-16-9-7-14(8-10-16)20(23)25-12-18-21-19(22-27-18)15-5-4-6-17(11-15)24-3/h4-11,13H,12H2,1-3H3. The molecule has 3 aromatic rings. The van der Waals surface area contributed by atoms with Crippen molar-refractivity contribution in [2.24, 2.45) is 0 Å². The lowest BCUT2D eigenvalue weighted by Crippen LogP contribution is -2.07. The maximum absolute atomic E-state index is 12.1. The normalized spacial score (nSPS) is 10.7. The third kappa shape index (κ3) is 4.84. The first-order valence-corrected chi connectivity index (χ1v) is 8.46. The zero-order chi connectivity index (χ0) is 19.2. The number of methoxy groups -OCH3 is 1. The van der Waals surface area contributed by atoms with Crippen molar-refractivity contribution in [3.05, 3.63) is 60.0 Å². The van der Waals surface area contributed by atoms with Crippen LogP contribution in [0.5, 0.6) is 11.5 Å². The molecule has 7 nitrogen and oxygen atoms in total. The molecule has 0 aliphatic carbocycles. The number of carbonyl (C=O) groups is 1. The van der Waals surface area contributed by atoms with Crippen LogP contribution in [0.2, 0.25) is 0 Å². The summed E-state index contributed by atoms with van der Waals surface area (Å²) in [6.07, 6.45) is 0.0686. The molecule has 140 valence electrons. The average Bonchev–Trinajstić information content (AvgIpc) is 3.15. The Balaban J connectivity index is 1.60. The molecular formula is C20H20N2O5. The van der Waals surface area contributed by atoms with Crippen molar-refractivity contribution in [3.63, 3.8) is 0 Å². The van der Waals surface area contributed by atoms with Gasteiger partial charge in [-0.2, -0.15) is 4.98 Å². The monoisotopic (exact) mass is 368 g/mol. The molecule has 0 fully saturated rings. The van der Waals surface area contributed by atoms with Gasteiger partial charge >= 0.3 is 5.97 Å². The molecule has 0 radical (unpaired) electrons. The Bertz CT molecular complexity index is 903. The van der Waals surface area contributed by atoms with E-state index >= 15 is 0 Å². The van der Waals surface area contributed by atoms with Crippen molar-refractivity contribution in [1.29, 1.82) is 0 Å². The minimum atomic E-state index is -0.479. The minimum absolute atomic E-state index is 0.0686. The van der Waals surface area contributed by atoms with E-state index in [0.29, 0.717) is 22.9 Å². The molecule has 3 rings (SSSR count). The molecule has 0 N–H and O–H groups in total. The molecule has 0 unspecified atom stereocenters. The highest BCUT2D eigenvalue weighted by atomic mass is 16.6. The van der Waals surface area contributed by atoms with Crippen molar-refractivity contribution in [2.45, 2.75) is 26.6 Å². The van der Waals surface area contributed by atoms with Crippen molar-refractivity contribution in [2.75, 3.05) is 7.11 Å². The second-order valence-electron chi connectivity index (χ2n) is 6.01. The molecule has 0 saturated carbocycles. The first-order chi connectivity index (χ1) is 13.0. The fourth-order valence-corrected chi connectivity index (χ4v) is 2.35. The molecule has 0 atom stereocenters. The van der Waals surface area contributed by atoms with E-state index in [2.05, 4.69) is 10.1 Å². The summed E-state index contributed by atoms with van der Waals surface area (Å²) in [5.41, 5.74) is 1.16. The molecule has 1 aromatic heterocycles. The third-order valence-electron chi connectivity index (χ3n) is 3.58. The average molecular weight is 368 g/mol. The highest BCUT2D eigenvalue weighted by Crippen LogP contribution is 2.21. The lowest BCUT2D eigenvalue weighted by Gasteiger charge is -2.09. The van der Waals surface area contributed by atoms with E-state index in [1.807, 2.05) is 32.0 Å². The number of esters is 1. The molecule has 1 heterocycles. The molecular weight excluding hydrogens is 348 g/mol. The van der Waals surface area contributed by atoms with Crippen molar-refractivity contribution < 1.29 is 23.5 Å². The molecule has 0 aliphatic rings. The number of hydrogen-bond donors (Lipinski definition) is 0. The Labute approximate surface area is 156 Å². The second-order valence-corrected chi connectivity index (χ2v) is 6.01. The maximum atomic E-state index is 12.1. The Morgan fingerprint density at radius 2 is 1.89 bits per heavy atom. The second kappa shape index (κ2) is 8.35. The third-order valence-corrected chi connectivity index (χ3v) is 3.58. The van der Waals surface area contributed by atoms with Crippen LogP contribution in [0.25, 0.3) is 11.4 Å². The number of hydrogen-bond acceptors (Lipinski definition) is 7. The highest BCUT2D eigenvalue weighted by Gasteiger charge is 2.13. The lowest BCUT2D eigenvalue weighted by atomic mass is 10.2. The zero-order valence-corrected chi connectivity index (χ0v) is 15.3. The van der Waals surface area contributed by atoms with E-state index < -0.39 is 5.97 Å². The summed E-state index contributed by atoms with van der Waals surface area (Å²) in [5, 5.41) is 3.90. The van der Waals surface area contributed by atoms with Crippen molar-refractivity contribution in [3.8, 4) is 22.9 Å². The molecule has 0 spiro atoms. The first kappa shape index (κ1) is 18.4. The van der Waals surface area contributed by atoms with Gasteiger partial charge < -0.3 is 18.7 Å². The van der Waals surface area contributed by atoms with Gasteiger partial charge in [-0.3, -0.25) is 0 Å². The SMILES string of the molecule is COc1cccc(-c2noc(COC(=O)c3ccc(OC(C)C)cc3)n2)c1. The van der Waals surface area contributed by atoms with Gasteiger partial charge in [-0.05, 0) is 50.2 Å². The van der Waals surface area contributed by atoms with Gasteiger partial charge in [0.1, 0.15) is 11.5 Å². The molecule has 2 aromatic carbocycles. The summed E-state index contributed by atoms with van der Waals surface area (Å²) in [6, 6.07) is 14.0. The Morgan fingerprint density at radius 1 is 1.11 bits per heavy atom. The summed E-state index contributed by atoms with van der Waals surface area (Å²) < 4.78 is 21.1. The van der Waals surface area contributed by atoms with Crippen LogP contribution in [0.4, 0.5) is 0 Å². The zero-order valence-electron chi connectivity index (χ0n) is 15.3. The maximum Gasteiger partial charge on any atom is 0.338 e. The van der Waals surface area contributed by atoms with Crippen molar-refractivity contribution >= 4 is 5.97 Å². The fourth-order valence-electron chi connectivity index (χ4n) is 2.35. The van der Waals surface area contributed by atoms with E-state index in [4.69, 9.17) is 18.7 Å². The van der Waals surface area contributed by atoms with E-state index in [1.54, 1.807) is 37.4 Å². The van der Waals surface area contributed by atoms with Crippen LogP contribution in [0.3, 0.4) is 0 Å². The largest absolute Gasteiger partial charge is 0.497 e. The van der Waals surface area contributed by atoms with Crippen LogP contribution in [0.1, 0.15) is 30.1 Å². The summed E-state index contributed by atoms with van der Waals surface area (Å²) in [5.74, 6) is 1.51. The number of ether oxygens (including phenoxy) is 3. The lowest BCUT2D eigenvalue weighted by molar-refractivity contribution is 0.0430. The van der Waals surface area contributed by atoms with Gasteiger partial charge in [0, 0.05) is 5.56 Å². The van der Waals surface area contributed by atoms with E-state index in [0.717, 1.165) is 5.56 Å². The number of nitrogens with zero attached hydrogens (tertiary/aromatic N) is 2. The predicted octanol–water partition coefficient (Wildman–Crippen LogP) is 3.89. The number of benzene rings is 2. The number of rotatable bonds is 7. The van der Waals surface area contributed by atoms with Gasteiger partial charge in [0.25, 0.3) is 5.89 Å². The van der Waals surface area contributed by atoms with Crippen LogP contribution in [-0.4, -0.2) is 29.3 Å². The smallest absolute Gasteiger partial charge is 0.338 e. The summed E-state index contributed by atoms with van der Waals surface area (Å²) in [7, 11) is 1.59. The highest BCUT2D eigenvalue weighted by molar-refractivity contribution is 5.89. The van der Waals surface area contributed by atoms with Gasteiger partial charge in [-0.1, -0.05) is 17.3 Å². The fraction of sp³-hybridized carbons (Fsp3) is 0.250. The Kier molecular flexibility index (Phi) is 5.71. The van der Waals surface area contributed by atoms with Crippen LogP contribution < -0.4 is 9.47 Å². The number of aromatic nitrogens is 2. The molecule has 0 saturated heterocycles. The van der Waals surface area contributed by atoms with E-state index in [-0.39, 0.29) is 18.6 Å². The quantitative estimate of drug-likeness (QED) is 0.585. The van der Waals surface area contributed by atoms with Gasteiger partial charge in [0.2, 0.25) is 5.82 Å². The summed E-state index contributed by atoms with van der Waals surface area (Å²) in [4.78, 5) is 16.4. The Hall–Kier alpha value is -3.35.